The summed E-state index contributed by atoms with van der Waals surface area (Å²) in [6.07, 6.45) is 12.4. The Morgan fingerprint density at radius 2 is 2.07 bits per heavy atom. The molecule has 156 valence electrons. The van der Waals surface area contributed by atoms with E-state index in [0.29, 0.717) is 18.8 Å². The van der Waals surface area contributed by atoms with Gasteiger partial charge in [-0.05, 0) is 25.8 Å². The largest absolute Gasteiger partial charge is 0.314 e. The summed E-state index contributed by atoms with van der Waals surface area (Å²) >= 11 is 0. The Morgan fingerprint density at radius 3 is 2.90 bits per heavy atom. The molecule has 8 nitrogen and oxygen atoms in total. The van der Waals surface area contributed by atoms with E-state index >= 15 is 0 Å². The molecule has 1 aromatic rings. The number of fused-ring (bicyclic) bond motifs is 1. The number of amidine groups is 1. The van der Waals surface area contributed by atoms with Crippen molar-refractivity contribution >= 4 is 29.2 Å². The lowest BCUT2D eigenvalue weighted by atomic mass is 10.1. The number of rotatable bonds is 4. The van der Waals surface area contributed by atoms with E-state index in [1.54, 1.807) is 11.1 Å². The van der Waals surface area contributed by atoms with E-state index < -0.39 is 0 Å². The van der Waals surface area contributed by atoms with E-state index in [-0.39, 0.29) is 24.7 Å². The number of nitrogens with zero attached hydrogens (tertiary/aromatic N) is 5. The molecule has 0 atom stereocenters. The Balaban J connectivity index is 1.32. The highest BCUT2D eigenvalue weighted by atomic mass is 16.2. The van der Waals surface area contributed by atoms with Gasteiger partial charge in [-0.1, -0.05) is 18.2 Å². The van der Waals surface area contributed by atoms with Crippen molar-refractivity contribution in [1.29, 1.82) is 0 Å². The molecule has 30 heavy (non-hydrogen) atoms. The first kappa shape index (κ1) is 20.0. The standard InChI is InChI=1S/C22H26N6O2/c1-16-14-21-27(12-5-13-28(21)26-16)22(30)10-9-20(29)25-19-8-4-6-17(15-24-19)18-7-2-3-11-23-18/h2,4,6-7,14-15H,3,5,8-13H2,1H3,(H,24,25,29). The van der Waals surface area contributed by atoms with E-state index in [1.165, 1.54) is 0 Å². The molecule has 4 heterocycles. The zero-order valence-electron chi connectivity index (χ0n) is 17.2. The maximum Gasteiger partial charge on any atom is 0.228 e. The molecule has 0 aromatic carbocycles. The number of anilines is 1. The lowest BCUT2D eigenvalue weighted by Crippen LogP contribution is -2.38. The van der Waals surface area contributed by atoms with Crippen molar-refractivity contribution in [3.8, 4) is 0 Å². The first-order chi connectivity index (χ1) is 14.6. The molecule has 3 aliphatic rings. The van der Waals surface area contributed by atoms with Gasteiger partial charge in [-0.3, -0.25) is 19.5 Å². The van der Waals surface area contributed by atoms with Gasteiger partial charge >= 0.3 is 0 Å². The lowest BCUT2D eigenvalue weighted by Gasteiger charge is -2.27. The minimum atomic E-state index is -0.205. The molecule has 0 radical (unpaired) electrons. The number of carbonyl (C=O) groups excluding carboxylic acids is 2. The smallest absolute Gasteiger partial charge is 0.228 e. The van der Waals surface area contributed by atoms with Crippen molar-refractivity contribution in [2.75, 3.05) is 18.0 Å². The Morgan fingerprint density at radius 1 is 1.17 bits per heavy atom. The molecule has 0 saturated carbocycles. The summed E-state index contributed by atoms with van der Waals surface area (Å²) in [5.41, 5.74) is 2.74. The molecule has 2 amide bonds. The molecule has 3 aliphatic heterocycles. The summed E-state index contributed by atoms with van der Waals surface area (Å²) in [5, 5.41) is 7.24. The fraction of sp³-hybridized carbons (Fsp3) is 0.409. The minimum absolute atomic E-state index is 0.0574. The summed E-state index contributed by atoms with van der Waals surface area (Å²) in [7, 11) is 0. The van der Waals surface area contributed by atoms with Crippen LogP contribution in [0.2, 0.25) is 0 Å². The summed E-state index contributed by atoms with van der Waals surface area (Å²) < 4.78 is 1.86. The zero-order valence-corrected chi connectivity index (χ0v) is 17.2. The minimum Gasteiger partial charge on any atom is -0.314 e. The number of aryl methyl sites for hydroxylation is 2. The number of aliphatic imine (C=N–C) groups is 2. The van der Waals surface area contributed by atoms with Gasteiger partial charge in [0.2, 0.25) is 11.8 Å². The molecule has 0 aliphatic carbocycles. The van der Waals surface area contributed by atoms with E-state index in [1.807, 2.05) is 35.9 Å². The quantitative estimate of drug-likeness (QED) is 0.833. The zero-order chi connectivity index (χ0) is 20.9. The number of allylic oxidation sites excluding steroid dienone is 3. The molecule has 1 aromatic heterocycles. The summed E-state index contributed by atoms with van der Waals surface area (Å²) in [6, 6.07) is 1.92. The molecule has 0 bridgehead atoms. The van der Waals surface area contributed by atoms with Gasteiger partial charge in [0.1, 0.15) is 11.7 Å². The van der Waals surface area contributed by atoms with Gasteiger partial charge < -0.3 is 5.32 Å². The van der Waals surface area contributed by atoms with Gasteiger partial charge in [-0.15, -0.1) is 0 Å². The van der Waals surface area contributed by atoms with Gasteiger partial charge in [0, 0.05) is 56.7 Å². The van der Waals surface area contributed by atoms with Gasteiger partial charge in [-0.2, -0.15) is 5.10 Å². The van der Waals surface area contributed by atoms with Crippen LogP contribution in [-0.2, 0) is 16.1 Å². The highest BCUT2D eigenvalue weighted by Gasteiger charge is 2.24. The number of carbonyl (C=O) groups is 2. The van der Waals surface area contributed by atoms with Crippen molar-refractivity contribution in [3.05, 3.63) is 47.8 Å². The normalized spacial score (nSPS) is 18.2. The Hall–Kier alpha value is -3.29. The number of aromatic nitrogens is 2. The first-order valence-corrected chi connectivity index (χ1v) is 10.4. The highest BCUT2D eigenvalue weighted by Crippen LogP contribution is 2.22. The van der Waals surface area contributed by atoms with E-state index in [2.05, 4.69) is 26.5 Å². The number of hydrogen-bond donors (Lipinski definition) is 1. The van der Waals surface area contributed by atoms with Crippen molar-refractivity contribution in [1.82, 2.24) is 15.1 Å². The maximum absolute atomic E-state index is 12.7. The predicted octanol–water partition coefficient (Wildman–Crippen LogP) is 2.47. The third-order valence-electron chi connectivity index (χ3n) is 5.18. The van der Waals surface area contributed by atoms with Crippen LogP contribution in [0.5, 0.6) is 0 Å². The second kappa shape index (κ2) is 9.02. The van der Waals surface area contributed by atoms with Crippen LogP contribution in [0.4, 0.5) is 5.82 Å². The third kappa shape index (κ3) is 4.64. The molecular weight excluding hydrogens is 380 g/mol. The molecule has 4 rings (SSSR count). The number of nitrogens with one attached hydrogen (secondary N) is 1. The first-order valence-electron chi connectivity index (χ1n) is 10.4. The fourth-order valence-corrected chi connectivity index (χ4v) is 3.71. The highest BCUT2D eigenvalue weighted by molar-refractivity contribution is 6.11. The molecule has 1 N–H and O–H groups in total. The van der Waals surface area contributed by atoms with Gasteiger partial charge in [-0.25, -0.2) is 9.67 Å². The predicted molar refractivity (Wildman–Crippen MR) is 117 cm³/mol. The summed E-state index contributed by atoms with van der Waals surface area (Å²) in [6.45, 7) is 4.18. The SMILES string of the molecule is Cc1cc2n(n1)CCCN2C(=O)CCC(=O)NC1=NC=C(C2=NCCC=C2)C=CC1. The molecule has 0 saturated heterocycles. The molecule has 0 unspecified atom stereocenters. The number of amides is 2. The second-order valence-corrected chi connectivity index (χ2v) is 7.54. The van der Waals surface area contributed by atoms with Crippen LogP contribution in [0, 0.1) is 6.92 Å². The lowest BCUT2D eigenvalue weighted by molar-refractivity contribution is -0.124. The fourth-order valence-electron chi connectivity index (χ4n) is 3.71. The van der Waals surface area contributed by atoms with E-state index in [4.69, 9.17) is 0 Å². The van der Waals surface area contributed by atoms with Gasteiger partial charge in [0.25, 0.3) is 0 Å². The summed E-state index contributed by atoms with van der Waals surface area (Å²) in [5.74, 6) is 1.13. The van der Waals surface area contributed by atoms with Crippen LogP contribution in [-0.4, -0.2) is 46.2 Å². The van der Waals surface area contributed by atoms with Crippen molar-refractivity contribution < 1.29 is 9.59 Å². The number of dihydropyridines is 1. The molecule has 0 fully saturated rings. The Bertz CT molecular complexity index is 995. The monoisotopic (exact) mass is 406 g/mol. The van der Waals surface area contributed by atoms with Crippen molar-refractivity contribution in [3.63, 3.8) is 0 Å². The second-order valence-electron chi connectivity index (χ2n) is 7.54. The maximum atomic E-state index is 12.7. The van der Waals surface area contributed by atoms with Gasteiger partial charge in [0.05, 0.1) is 11.4 Å². The van der Waals surface area contributed by atoms with Gasteiger partial charge in [0.15, 0.2) is 0 Å². The van der Waals surface area contributed by atoms with Crippen LogP contribution in [0.25, 0.3) is 0 Å². The molecule has 8 heteroatoms. The van der Waals surface area contributed by atoms with Crippen LogP contribution in [0.3, 0.4) is 0 Å². The third-order valence-corrected chi connectivity index (χ3v) is 5.18. The van der Waals surface area contributed by atoms with Crippen LogP contribution < -0.4 is 10.2 Å². The Labute approximate surface area is 175 Å². The number of hydrogen-bond acceptors (Lipinski definition) is 5. The molecular formula is C22H26N6O2. The van der Waals surface area contributed by atoms with E-state index in [9.17, 15) is 9.59 Å². The topological polar surface area (TPSA) is 92.0 Å². The average molecular weight is 406 g/mol. The van der Waals surface area contributed by atoms with Crippen molar-refractivity contribution in [2.24, 2.45) is 9.98 Å². The van der Waals surface area contributed by atoms with Crippen molar-refractivity contribution in [2.45, 2.75) is 45.6 Å². The van der Waals surface area contributed by atoms with Crippen LogP contribution in [0.15, 0.2) is 52.1 Å². The summed E-state index contributed by atoms with van der Waals surface area (Å²) in [4.78, 5) is 35.7. The van der Waals surface area contributed by atoms with Crippen LogP contribution in [0.1, 0.15) is 37.8 Å². The Kier molecular flexibility index (Phi) is 6.02. The van der Waals surface area contributed by atoms with E-state index in [0.717, 1.165) is 48.7 Å². The molecule has 0 spiro atoms. The average Bonchev–Trinajstić information content (AvgIpc) is 2.99. The van der Waals surface area contributed by atoms with Crippen LogP contribution >= 0.6 is 0 Å².